The standard InChI is InChI=1S/C18H22ClN3O2S/c1-18(2,3)24-17(23)22-10-6-7-12(11-22)25-16-15(19)20-13-8-4-5-9-14(13)21-16/h4-5,8-9,12H,6-7,10-11H2,1-3H3/t12-/m0/s1. The van der Waals surface area contributed by atoms with Crippen LogP contribution in [0.1, 0.15) is 33.6 Å². The summed E-state index contributed by atoms with van der Waals surface area (Å²) in [6, 6.07) is 7.67. The van der Waals surface area contributed by atoms with E-state index in [1.54, 1.807) is 16.7 Å². The van der Waals surface area contributed by atoms with E-state index in [1.807, 2.05) is 45.0 Å². The summed E-state index contributed by atoms with van der Waals surface area (Å²) in [5, 5.41) is 1.36. The Bertz CT molecular complexity index is 778. The molecule has 1 fully saturated rings. The SMILES string of the molecule is CC(C)(C)OC(=O)N1CCC[C@H](Sc2nc3ccccc3nc2Cl)C1. The van der Waals surface area contributed by atoms with Crippen LogP contribution in [0.25, 0.3) is 11.0 Å². The van der Waals surface area contributed by atoms with Gasteiger partial charge in [-0.15, -0.1) is 0 Å². The Morgan fingerprint density at radius 2 is 1.96 bits per heavy atom. The van der Waals surface area contributed by atoms with Crippen LogP contribution in [-0.2, 0) is 4.74 Å². The van der Waals surface area contributed by atoms with Gasteiger partial charge < -0.3 is 9.64 Å². The fourth-order valence-electron chi connectivity index (χ4n) is 2.72. The molecule has 0 spiro atoms. The van der Waals surface area contributed by atoms with Crippen LogP contribution in [-0.4, -0.2) is 44.9 Å². The fraction of sp³-hybridized carbons (Fsp3) is 0.500. The van der Waals surface area contributed by atoms with Crippen molar-refractivity contribution in [1.82, 2.24) is 14.9 Å². The number of para-hydroxylation sites is 2. The number of hydrogen-bond donors (Lipinski definition) is 0. The predicted molar refractivity (Wildman–Crippen MR) is 101 cm³/mol. The predicted octanol–water partition coefficient (Wildman–Crippen LogP) is 4.77. The smallest absolute Gasteiger partial charge is 0.410 e. The van der Waals surface area contributed by atoms with Crippen molar-refractivity contribution in [3.8, 4) is 0 Å². The molecular formula is C18H22ClN3O2S. The first-order chi connectivity index (χ1) is 11.8. The molecule has 7 heteroatoms. The largest absolute Gasteiger partial charge is 0.444 e. The van der Waals surface area contributed by atoms with Gasteiger partial charge in [0.1, 0.15) is 10.6 Å². The van der Waals surface area contributed by atoms with Crippen LogP contribution in [0.5, 0.6) is 0 Å². The number of carbonyl (C=O) groups excluding carboxylic acids is 1. The molecule has 2 aromatic rings. The second-order valence-electron chi connectivity index (χ2n) is 7.12. The summed E-state index contributed by atoms with van der Waals surface area (Å²) in [6.07, 6.45) is 1.69. The highest BCUT2D eigenvalue weighted by atomic mass is 35.5. The lowest BCUT2D eigenvalue weighted by molar-refractivity contribution is 0.0220. The van der Waals surface area contributed by atoms with E-state index in [0.717, 1.165) is 35.4 Å². The average Bonchev–Trinajstić information content (AvgIpc) is 2.54. The first-order valence-corrected chi connectivity index (χ1v) is 9.64. The van der Waals surface area contributed by atoms with Crippen molar-refractivity contribution in [2.45, 2.75) is 49.5 Å². The third kappa shape index (κ3) is 4.76. The normalized spacial score (nSPS) is 18.4. The molecule has 0 saturated carbocycles. The van der Waals surface area contributed by atoms with Gasteiger partial charge in [-0.3, -0.25) is 0 Å². The molecule has 1 atom stereocenters. The number of piperidine rings is 1. The molecule has 1 saturated heterocycles. The van der Waals surface area contributed by atoms with Crippen LogP contribution in [0, 0.1) is 0 Å². The Labute approximate surface area is 157 Å². The van der Waals surface area contributed by atoms with Crippen molar-refractivity contribution in [2.75, 3.05) is 13.1 Å². The zero-order chi connectivity index (χ0) is 18.0. The topological polar surface area (TPSA) is 55.3 Å². The number of rotatable bonds is 2. The molecule has 1 aliphatic rings. The van der Waals surface area contributed by atoms with Crippen LogP contribution in [0.2, 0.25) is 5.15 Å². The number of thioether (sulfide) groups is 1. The zero-order valence-corrected chi connectivity index (χ0v) is 16.2. The summed E-state index contributed by atoms with van der Waals surface area (Å²) in [5.74, 6) is 0. The number of fused-ring (bicyclic) bond motifs is 1. The average molecular weight is 380 g/mol. The van der Waals surface area contributed by atoms with E-state index in [2.05, 4.69) is 9.97 Å². The first-order valence-electron chi connectivity index (χ1n) is 8.39. The number of nitrogens with zero attached hydrogens (tertiary/aromatic N) is 3. The molecule has 0 radical (unpaired) electrons. The molecular weight excluding hydrogens is 358 g/mol. The second kappa shape index (κ2) is 7.38. The highest BCUT2D eigenvalue weighted by Crippen LogP contribution is 2.33. The van der Waals surface area contributed by atoms with E-state index in [0.29, 0.717) is 11.7 Å². The molecule has 1 aromatic carbocycles. The zero-order valence-electron chi connectivity index (χ0n) is 14.7. The molecule has 1 aliphatic heterocycles. The van der Waals surface area contributed by atoms with Crippen molar-refractivity contribution < 1.29 is 9.53 Å². The van der Waals surface area contributed by atoms with Crippen molar-refractivity contribution in [1.29, 1.82) is 0 Å². The van der Waals surface area contributed by atoms with Crippen LogP contribution in [0.15, 0.2) is 29.3 Å². The highest BCUT2D eigenvalue weighted by Gasteiger charge is 2.28. The van der Waals surface area contributed by atoms with Gasteiger partial charge in [0.2, 0.25) is 0 Å². The molecule has 0 aliphatic carbocycles. The van der Waals surface area contributed by atoms with Crippen LogP contribution in [0.4, 0.5) is 4.79 Å². The number of benzene rings is 1. The summed E-state index contributed by atoms with van der Waals surface area (Å²) in [7, 11) is 0. The van der Waals surface area contributed by atoms with Crippen LogP contribution >= 0.6 is 23.4 Å². The molecule has 0 unspecified atom stereocenters. The van der Waals surface area contributed by atoms with E-state index in [1.165, 1.54) is 0 Å². The van der Waals surface area contributed by atoms with Gasteiger partial charge >= 0.3 is 6.09 Å². The Morgan fingerprint density at radius 3 is 2.64 bits per heavy atom. The van der Waals surface area contributed by atoms with E-state index < -0.39 is 5.60 Å². The summed E-state index contributed by atoms with van der Waals surface area (Å²) >= 11 is 7.90. The van der Waals surface area contributed by atoms with Gasteiger partial charge in [0.05, 0.1) is 11.0 Å². The molecule has 0 bridgehead atoms. The van der Waals surface area contributed by atoms with Gasteiger partial charge in [-0.2, -0.15) is 0 Å². The number of likely N-dealkylation sites (tertiary alicyclic amines) is 1. The van der Waals surface area contributed by atoms with Gasteiger partial charge in [0.25, 0.3) is 0 Å². The minimum absolute atomic E-state index is 0.231. The van der Waals surface area contributed by atoms with Gasteiger partial charge in [-0.1, -0.05) is 35.5 Å². The summed E-state index contributed by atoms with van der Waals surface area (Å²) in [6.45, 7) is 7.00. The van der Waals surface area contributed by atoms with Crippen molar-refractivity contribution in [3.63, 3.8) is 0 Å². The molecule has 5 nitrogen and oxygen atoms in total. The minimum Gasteiger partial charge on any atom is -0.444 e. The van der Waals surface area contributed by atoms with Gasteiger partial charge in [0.15, 0.2) is 5.15 Å². The van der Waals surface area contributed by atoms with E-state index in [9.17, 15) is 4.79 Å². The Kier molecular flexibility index (Phi) is 5.39. The third-order valence-electron chi connectivity index (χ3n) is 3.81. The first kappa shape index (κ1) is 18.3. The molecule has 2 heterocycles. The van der Waals surface area contributed by atoms with Crippen molar-refractivity contribution in [3.05, 3.63) is 29.4 Å². The van der Waals surface area contributed by atoms with Gasteiger partial charge in [-0.05, 0) is 45.7 Å². The lowest BCUT2D eigenvalue weighted by Crippen LogP contribution is -2.43. The minimum atomic E-state index is -0.482. The second-order valence-corrected chi connectivity index (χ2v) is 8.76. The van der Waals surface area contributed by atoms with E-state index >= 15 is 0 Å². The highest BCUT2D eigenvalue weighted by molar-refractivity contribution is 8.00. The number of ether oxygens (including phenoxy) is 1. The molecule has 1 aromatic heterocycles. The lowest BCUT2D eigenvalue weighted by Gasteiger charge is -2.33. The summed E-state index contributed by atoms with van der Waals surface area (Å²) in [5.41, 5.74) is 1.13. The Balaban J connectivity index is 1.70. The quantitative estimate of drug-likeness (QED) is 0.751. The Hall–Kier alpha value is -1.53. The van der Waals surface area contributed by atoms with Crippen molar-refractivity contribution in [2.24, 2.45) is 0 Å². The maximum atomic E-state index is 12.3. The van der Waals surface area contributed by atoms with Crippen LogP contribution in [0.3, 0.4) is 0 Å². The summed E-state index contributed by atoms with van der Waals surface area (Å²) in [4.78, 5) is 23.1. The monoisotopic (exact) mass is 379 g/mol. The molecule has 0 N–H and O–H groups in total. The number of aromatic nitrogens is 2. The molecule has 134 valence electrons. The van der Waals surface area contributed by atoms with Gasteiger partial charge in [0, 0.05) is 18.3 Å². The maximum Gasteiger partial charge on any atom is 0.410 e. The third-order valence-corrected chi connectivity index (χ3v) is 5.41. The van der Waals surface area contributed by atoms with E-state index in [-0.39, 0.29) is 11.3 Å². The fourth-order valence-corrected chi connectivity index (χ4v) is 4.14. The van der Waals surface area contributed by atoms with E-state index in [4.69, 9.17) is 16.3 Å². The molecule has 1 amide bonds. The Morgan fingerprint density at radius 1 is 1.28 bits per heavy atom. The number of halogens is 1. The van der Waals surface area contributed by atoms with Crippen molar-refractivity contribution >= 4 is 40.5 Å². The lowest BCUT2D eigenvalue weighted by atomic mass is 10.1. The number of amides is 1. The molecule has 25 heavy (non-hydrogen) atoms. The maximum absolute atomic E-state index is 12.3. The van der Waals surface area contributed by atoms with Gasteiger partial charge in [-0.25, -0.2) is 14.8 Å². The number of carbonyl (C=O) groups is 1. The molecule has 3 rings (SSSR count). The van der Waals surface area contributed by atoms with Crippen LogP contribution < -0.4 is 0 Å². The summed E-state index contributed by atoms with van der Waals surface area (Å²) < 4.78 is 5.48. The number of hydrogen-bond acceptors (Lipinski definition) is 5.